The van der Waals surface area contributed by atoms with E-state index in [-0.39, 0.29) is 5.52 Å². The molecule has 72 valence electrons. The van der Waals surface area contributed by atoms with Crippen LogP contribution in [0.25, 0.3) is 21.9 Å². The van der Waals surface area contributed by atoms with E-state index in [9.17, 15) is 4.39 Å². The van der Waals surface area contributed by atoms with Crippen LogP contribution in [0.3, 0.4) is 0 Å². The molecule has 0 spiro atoms. The Kier molecular flexibility index (Phi) is 1.55. The van der Waals surface area contributed by atoms with E-state index in [2.05, 4.69) is 25.6 Å². The lowest BCUT2D eigenvalue weighted by Crippen LogP contribution is -1.83. The fourth-order valence-electron chi connectivity index (χ4n) is 1.45. The summed E-state index contributed by atoms with van der Waals surface area (Å²) in [4.78, 5) is 0. The lowest BCUT2D eigenvalue weighted by atomic mass is 10.2. The Labute approximate surface area is 83.0 Å². The minimum absolute atomic E-state index is 0.128. The van der Waals surface area contributed by atoms with Crippen LogP contribution < -0.4 is 0 Å². The van der Waals surface area contributed by atoms with Gasteiger partial charge in [0.25, 0.3) is 0 Å². The quantitative estimate of drug-likeness (QED) is 0.545. The fraction of sp³-hybridized carbons (Fsp3) is 0. The van der Waals surface area contributed by atoms with E-state index in [4.69, 9.17) is 0 Å². The van der Waals surface area contributed by atoms with Gasteiger partial charge in [-0.25, -0.2) is 4.39 Å². The number of aromatic nitrogens is 5. The Hall–Kier alpha value is -2.24. The Morgan fingerprint density at radius 2 is 1.87 bits per heavy atom. The van der Waals surface area contributed by atoms with E-state index in [1.807, 2.05) is 0 Å². The number of rotatable bonds is 0. The van der Waals surface area contributed by atoms with Crippen LogP contribution in [0.15, 0.2) is 24.4 Å². The lowest BCUT2D eigenvalue weighted by molar-refractivity contribution is 0.637. The van der Waals surface area contributed by atoms with Crippen molar-refractivity contribution in [3.05, 3.63) is 30.2 Å². The summed E-state index contributed by atoms with van der Waals surface area (Å²) < 4.78 is 13.5. The van der Waals surface area contributed by atoms with Crippen molar-refractivity contribution in [1.82, 2.24) is 25.6 Å². The van der Waals surface area contributed by atoms with Gasteiger partial charge in [0.05, 0.1) is 0 Å². The first-order chi connectivity index (χ1) is 7.36. The van der Waals surface area contributed by atoms with Crippen molar-refractivity contribution in [2.24, 2.45) is 0 Å². The highest BCUT2D eigenvalue weighted by Gasteiger charge is 2.10. The molecule has 5 nitrogen and oxygen atoms in total. The third-order valence-corrected chi connectivity index (χ3v) is 2.11. The number of halogens is 1. The Morgan fingerprint density at radius 1 is 1.00 bits per heavy atom. The maximum atomic E-state index is 13.5. The molecule has 6 heteroatoms. The first-order valence-corrected chi connectivity index (χ1v) is 4.25. The molecule has 0 aliphatic heterocycles. The molecule has 3 aromatic rings. The smallest absolute Gasteiger partial charge is 0.153 e. The largest absolute Gasteiger partial charge is 0.204 e. The molecule has 0 fully saturated rings. The Bertz CT molecular complexity index is 654. The monoisotopic (exact) mass is 201 g/mol. The highest BCUT2D eigenvalue weighted by Crippen LogP contribution is 2.21. The van der Waals surface area contributed by atoms with Crippen molar-refractivity contribution in [2.45, 2.75) is 0 Å². The van der Waals surface area contributed by atoms with Crippen LogP contribution in [0.4, 0.5) is 4.39 Å². The topological polar surface area (TPSA) is 64.5 Å². The van der Waals surface area contributed by atoms with Crippen LogP contribution in [-0.2, 0) is 0 Å². The van der Waals surface area contributed by atoms with Crippen LogP contribution in [-0.4, -0.2) is 25.6 Å². The number of hydrogen-bond acceptors (Lipinski definition) is 5. The molecule has 0 aliphatic carbocycles. The van der Waals surface area contributed by atoms with Crippen molar-refractivity contribution in [2.75, 3.05) is 0 Å². The van der Waals surface area contributed by atoms with Gasteiger partial charge in [-0.3, -0.25) is 0 Å². The molecule has 0 N–H and O–H groups in total. The van der Waals surface area contributed by atoms with E-state index < -0.39 is 5.82 Å². The average Bonchev–Trinajstić information content (AvgIpc) is 2.60. The highest BCUT2D eigenvalue weighted by atomic mass is 19.1. The lowest BCUT2D eigenvalue weighted by Gasteiger charge is -1.92. The summed E-state index contributed by atoms with van der Waals surface area (Å²) in [6, 6.07) is 4.75. The molecule has 0 saturated heterocycles. The summed E-state index contributed by atoms with van der Waals surface area (Å²) in [6.07, 6.45) is 1.52. The normalized spacial score (nSPS) is 11.0. The van der Waals surface area contributed by atoms with Crippen molar-refractivity contribution in [3.63, 3.8) is 0 Å². The molecule has 2 aromatic heterocycles. The van der Waals surface area contributed by atoms with E-state index in [0.717, 1.165) is 0 Å². The van der Waals surface area contributed by atoms with Gasteiger partial charge in [-0.2, -0.15) is 5.10 Å². The minimum atomic E-state index is -0.449. The Balaban J connectivity index is 2.66. The molecule has 3 rings (SSSR count). The molecule has 0 radical (unpaired) electrons. The second kappa shape index (κ2) is 2.88. The fourth-order valence-corrected chi connectivity index (χ4v) is 1.45. The molecule has 0 unspecified atom stereocenters. The van der Waals surface area contributed by atoms with Crippen molar-refractivity contribution in [1.29, 1.82) is 0 Å². The van der Waals surface area contributed by atoms with E-state index in [1.54, 1.807) is 12.1 Å². The molecule has 0 amide bonds. The van der Waals surface area contributed by atoms with Gasteiger partial charge in [-0.15, -0.1) is 15.3 Å². The molecule has 0 saturated carbocycles. The number of benzene rings is 1. The second-order valence-electron chi connectivity index (χ2n) is 3.01. The van der Waals surface area contributed by atoms with Crippen molar-refractivity contribution in [3.8, 4) is 0 Å². The average molecular weight is 201 g/mol. The molecular weight excluding hydrogens is 197 g/mol. The maximum absolute atomic E-state index is 13.5. The van der Waals surface area contributed by atoms with Gasteiger partial charge < -0.3 is 0 Å². The molecule has 0 bridgehead atoms. The zero-order chi connectivity index (χ0) is 10.3. The predicted octanol–water partition coefficient (Wildman–Crippen LogP) is 1.11. The van der Waals surface area contributed by atoms with E-state index in [0.29, 0.717) is 16.4 Å². The van der Waals surface area contributed by atoms with Crippen LogP contribution in [0.5, 0.6) is 0 Å². The summed E-state index contributed by atoms with van der Waals surface area (Å²) in [5, 5.41) is 19.1. The highest BCUT2D eigenvalue weighted by molar-refractivity contribution is 6.00. The zero-order valence-corrected chi connectivity index (χ0v) is 7.42. The van der Waals surface area contributed by atoms with E-state index >= 15 is 0 Å². The van der Waals surface area contributed by atoms with Crippen molar-refractivity contribution < 1.29 is 4.39 Å². The first kappa shape index (κ1) is 8.10. The zero-order valence-electron chi connectivity index (χ0n) is 7.42. The third-order valence-electron chi connectivity index (χ3n) is 2.11. The summed E-state index contributed by atoms with van der Waals surface area (Å²) in [7, 11) is 0. The van der Waals surface area contributed by atoms with Gasteiger partial charge in [-0.05, 0) is 17.3 Å². The molecular formula is C9H4FN5. The van der Waals surface area contributed by atoms with Crippen LogP contribution in [0, 0.1) is 5.82 Å². The first-order valence-electron chi connectivity index (χ1n) is 4.25. The second-order valence-corrected chi connectivity index (χ2v) is 3.01. The molecule has 1 aromatic carbocycles. The van der Waals surface area contributed by atoms with Gasteiger partial charge in [-0.1, -0.05) is 6.07 Å². The van der Waals surface area contributed by atoms with Crippen LogP contribution >= 0.6 is 0 Å². The number of nitrogens with zero attached hydrogens (tertiary/aromatic N) is 5. The van der Waals surface area contributed by atoms with Gasteiger partial charge in [0.1, 0.15) is 11.0 Å². The van der Waals surface area contributed by atoms with Crippen LogP contribution in [0.1, 0.15) is 0 Å². The van der Waals surface area contributed by atoms with Gasteiger partial charge >= 0.3 is 0 Å². The number of fused-ring (bicyclic) bond motifs is 3. The summed E-state index contributed by atoms with van der Waals surface area (Å²) in [5.41, 5.74) is 0.970. The third kappa shape index (κ3) is 1.11. The van der Waals surface area contributed by atoms with E-state index in [1.165, 1.54) is 12.3 Å². The van der Waals surface area contributed by atoms with Gasteiger partial charge in [0.15, 0.2) is 11.3 Å². The molecule has 15 heavy (non-hydrogen) atoms. The molecule has 0 atom stereocenters. The summed E-state index contributed by atoms with van der Waals surface area (Å²) in [6.45, 7) is 0. The predicted molar refractivity (Wildman–Crippen MR) is 50.4 cm³/mol. The van der Waals surface area contributed by atoms with Gasteiger partial charge in [0.2, 0.25) is 0 Å². The number of hydrogen-bond donors (Lipinski definition) is 0. The Morgan fingerprint density at radius 3 is 2.80 bits per heavy atom. The summed E-state index contributed by atoms with van der Waals surface area (Å²) in [5.74, 6) is -0.449. The minimum Gasteiger partial charge on any atom is -0.204 e. The standard InChI is InChI=1S/C9H4FN5/c10-6-4-5-2-1-3-11-12-7(5)9-8(6)13-15-14-9/h1-4H. The SMILES string of the molecule is Fc1cc2cccnnc2c2nnnc12. The molecule has 0 aliphatic rings. The molecule has 2 heterocycles. The van der Waals surface area contributed by atoms with Gasteiger partial charge in [0, 0.05) is 11.6 Å². The summed E-state index contributed by atoms with van der Waals surface area (Å²) >= 11 is 0. The maximum Gasteiger partial charge on any atom is 0.153 e. The van der Waals surface area contributed by atoms with Crippen molar-refractivity contribution >= 4 is 21.9 Å². The van der Waals surface area contributed by atoms with Crippen LogP contribution in [0.2, 0.25) is 0 Å².